The van der Waals surface area contributed by atoms with Crippen molar-refractivity contribution in [3.63, 3.8) is 0 Å². The number of hydrogen-bond acceptors (Lipinski definition) is 2. The average Bonchev–Trinajstić information content (AvgIpc) is 2.59. The zero-order valence-corrected chi connectivity index (χ0v) is 11.4. The van der Waals surface area contributed by atoms with Crippen LogP contribution < -0.4 is 5.73 Å². The molecule has 0 radical (unpaired) electrons. The summed E-state index contributed by atoms with van der Waals surface area (Å²) in [5.41, 5.74) is 5.34. The fourth-order valence-electron chi connectivity index (χ4n) is 2.13. The van der Waals surface area contributed by atoms with Gasteiger partial charge in [0.1, 0.15) is 5.82 Å². The lowest BCUT2D eigenvalue weighted by Gasteiger charge is -2.12. The molecule has 0 atom stereocenters. The van der Waals surface area contributed by atoms with Crippen LogP contribution in [0.1, 0.15) is 31.2 Å². The van der Waals surface area contributed by atoms with Gasteiger partial charge in [-0.3, -0.25) is 0 Å². The number of fused-ring (bicyclic) bond motifs is 1. The Labute approximate surface area is 113 Å². The van der Waals surface area contributed by atoms with Crippen molar-refractivity contribution in [3.05, 3.63) is 22.5 Å². The van der Waals surface area contributed by atoms with Crippen molar-refractivity contribution in [1.82, 2.24) is 9.55 Å². The highest BCUT2D eigenvalue weighted by Crippen LogP contribution is 2.41. The first kappa shape index (κ1) is 14.0. The van der Waals surface area contributed by atoms with E-state index in [1.807, 2.05) is 13.8 Å². The molecule has 19 heavy (non-hydrogen) atoms. The molecule has 0 amide bonds. The van der Waals surface area contributed by atoms with Gasteiger partial charge in [-0.15, -0.1) is 0 Å². The Morgan fingerprint density at radius 1 is 1.37 bits per heavy atom. The highest BCUT2D eigenvalue weighted by molar-refractivity contribution is 6.35. The van der Waals surface area contributed by atoms with Gasteiger partial charge < -0.3 is 10.3 Å². The summed E-state index contributed by atoms with van der Waals surface area (Å²) in [6.45, 7) is 3.81. The maximum atomic E-state index is 12.8. The molecule has 0 aliphatic carbocycles. The number of nitrogens with zero attached hydrogens (tertiary/aromatic N) is 2. The SMILES string of the molecule is CC(C)c1nc2cc(C(F)(F)F)c(Cl)c(N)c2n1C. The number of hydrogen-bond donors (Lipinski definition) is 1. The Morgan fingerprint density at radius 3 is 2.42 bits per heavy atom. The van der Waals surface area contributed by atoms with Gasteiger partial charge in [0.05, 0.1) is 27.3 Å². The van der Waals surface area contributed by atoms with Crippen LogP contribution in [-0.2, 0) is 13.2 Å². The van der Waals surface area contributed by atoms with Gasteiger partial charge >= 0.3 is 6.18 Å². The Hall–Kier alpha value is -1.43. The zero-order valence-electron chi connectivity index (χ0n) is 10.6. The van der Waals surface area contributed by atoms with Crippen LogP contribution in [0.25, 0.3) is 11.0 Å². The summed E-state index contributed by atoms with van der Waals surface area (Å²) in [7, 11) is 1.71. The third kappa shape index (κ3) is 2.14. The Bertz CT molecular complexity index is 644. The second-order valence-electron chi connectivity index (χ2n) is 4.70. The number of aromatic nitrogens is 2. The molecule has 0 bridgehead atoms. The molecule has 7 heteroatoms. The first-order chi connectivity index (χ1) is 8.64. The molecule has 0 unspecified atom stereocenters. The molecule has 1 aromatic heterocycles. The van der Waals surface area contributed by atoms with Crippen LogP contribution >= 0.6 is 11.6 Å². The molecule has 0 fully saturated rings. The molecule has 104 valence electrons. The molecule has 1 heterocycles. The normalized spacial score (nSPS) is 12.6. The topological polar surface area (TPSA) is 43.8 Å². The van der Waals surface area contributed by atoms with Gasteiger partial charge in [0.2, 0.25) is 0 Å². The quantitative estimate of drug-likeness (QED) is 0.809. The Balaban J connectivity index is 2.85. The summed E-state index contributed by atoms with van der Waals surface area (Å²) in [5, 5.41) is -0.474. The summed E-state index contributed by atoms with van der Waals surface area (Å²) < 4.78 is 40.2. The molecule has 0 spiro atoms. The maximum Gasteiger partial charge on any atom is 0.418 e. The number of rotatable bonds is 1. The summed E-state index contributed by atoms with van der Waals surface area (Å²) in [6.07, 6.45) is -4.55. The minimum Gasteiger partial charge on any atom is -0.396 e. The van der Waals surface area contributed by atoms with E-state index in [0.29, 0.717) is 11.3 Å². The molecule has 2 rings (SSSR count). The van der Waals surface area contributed by atoms with Crippen LogP contribution in [0.4, 0.5) is 18.9 Å². The van der Waals surface area contributed by atoms with Crippen LogP contribution in [0.2, 0.25) is 5.02 Å². The second-order valence-corrected chi connectivity index (χ2v) is 5.08. The van der Waals surface area contributed by atoms with Crippen molar-refractivity contribution in [2.75, 3.05) is 5.73 Å². The van der Waals surface area contributed by atoms with Crippen molar-refractivity contribution >= 4 is 28.3 Å². The fourth-order valence-corrected chi connectivity index (χ4v) is 2.38. The number of benzene rings is 1. The fraction of sp³-hybridized carbons (Fsp3) is 0.417. The van der Waals surface area contributed by atoms with Gasteiger partial charge in [-0.25, -0.2) is 4.98 Å². The average molecular weight is 292 g/mol. The minimum atomic E-state index is -4.55. The van der Waals surface area contributed by atoms with Gasteiger partial charge in [0.15, 0.2) is 0 Å². The van der Waals surface area contributed by atoms with Crippen molar-refractivity contribution in [2.45, 2.75) is 25.9 Å². The standard InChI is InChI=1S/C12H13ClF3N3/c1-5(2)11-18-7-4-6(12(14,15)16)8(13)9(17)10(7)19(11)3/h4-5H,17H2,1-3H3. The number of nitrogen functional groups attached to an aromatic ring is 1. The van der Waals surface area contributed by atoms with Crippen LogP contribution in [0.15, 0.2) is 6.07 Å². The summed E-state index contributed by atoms with van der Waals surface area (Å²) in [5.74, 6) is 0.738. The largest absolute Gasteiger partial charge is 0.418 e. The lowest BCUT2D eigenvalue weighted by molar-refractivity contribution is -0.137. The van der Waals surface area contributed by atoms with Gasteiger partial charge in [0.25, 0.3) is 0 Å². The number of anilines is 1. The highest BCUT2D eigenvalue weighted by Gasteiger charge is 2.35. The van der Waals surface area contributed by atoms with E-state index in [9.17, 15) is 13.2 Å². The van der Waals surface area contributed by atoms with Crippen LogP contribution in [0, 0.1) is 0 Å². The van der Waals surface area contributed by atoms with Crippen molar-refractivity contribution in [3.8, 4) is 0 Å². The number of alkyl halides is 3. The van der Waals surface area contributed by atoms with Crippen molar-refractivity contribution in [2.24, 2.45) is 7.05 Å². The van der Waals surface area contributed by atoms with E-state index in [1.165, 1.54) is 0 Å². The van der Waals surface area contributed by atoms with E-state index >= 15 is 0 Å². The molecule has 2 aromatic rings. The molecule has 1 aromatic carbocycles. The van der Waals surface area contributed by atoms with Crippen LogP contribution in [0.5, 0.6) is 0 Å². The first-order valence-corrected chi connectivity index (χ1v) is 6.03. The molecule has 0 saturated heterocycles. The Morgan fingerprint density at radius 2 is 1.95 bits per heavy atom. The summed E-state index contributed by atoms with van der Waals surface area (Å²) in [6, 6.07) is 0.944. The number of nitrogens with two attached hydrogens (primary N) is 1. The summed E-state index contributed by atoms with van der Waals surface area (Å²) in [4.78, 5) is 4.21. The Kier molecular flexibility index (Phi) is 3.16. The molecule has 0 aliphatic rings. The summed E-state index contributed by atoms with van der Waals surface area (Å²) >= 11 is 5.73. The monoisotopic (exact) mass is 291 g/mol. The van der Waals surface area contributed by atoms with E-state index < -0.39 is 16.8 Å². The number of imidazole rings is 1. The van der Waals surface area contributed by atoms with E-state index in [2.05, 4.69) is 4.98 Å². The molecule has 0 saturated carbocycles. The molecule has 0 aliphatic heterocycles. The second kappa shape index (κ2) is 4.30. The van der Waals surface area contributed by atoms with Crippen molar-refractivity contribution in [1.29, 1.82) is 0 Å². The maximum absolute atomic E-state index is 12.8. The predicted molar refractivity (Wildman–Crippen MR) is 69.2 cm³/mol. The smallest absolute Gasteiger partial charge is 0.396 e. The predicted octanol–water partition coefficient (Wildman–Crippen LogP) is 3.95. The number of halogens is 4. The molecular weight excluding hydrogens is 279 g/mol. The van der Waals surface area contributed by atoms with Crippen LogP contribution in [-0.4, -0.2) is 9.55 Å². The number of aryl methyl sites for hydroxylation is 1. The van der Waals surface area contributed by atoms with E-state index in [0.717, 1.165) is 6.07 Å². The molecule has 2 N–H and O–H groups in total. The first-order valence-electron chi connectivity index (χ1n) is 5.66. The zero-order chi connectivity index (χ0) is 14.5. The van der Waals surface area contributed by atoms with Gasteiger partial charge in [-0.05, 0) is 6.07 Å². The highest BCUT2D eigenvalue weighted by atomic mass is 35.5. The van der Waals surface area contributed by atoms with Crippen molar-refractivity contribution < 1.29 is 13.2 Å². The van der Waals surface area contributed by atoms with Gasteiger partial charge in [-0.1, -0.05) is 25.4 Å². The molecule has 3 nitrogen and oxygen atoms in total. The van der Waals surface area contributed by atoms with Gasteiger partial charge in [-0.2, -0.15) is 13.2 Å². The van der Waals surface area contributed by atoms with E-state index in [-0.39, 0.29) is 17.1 Å². The van der Waals surface area contributed by atoms with Gasteiger partial charge in [0, 0.05) is 13.0 Å². The lowest BCUT2D eigenvalue weighted by Crippen LogP contribution is -2.08. The third-order valence-electron chi connectivity index (χ3n) is 2.99. The minimum absolute atomic E-state index is 0.0740. The third-order valence-corrected chi connectivity index (χ3v) is 3.39. The van der Waals surface area contributed by atoms with E-state index in [1.54, 1.807) is 11.6 Å². The van der Waals surface area contributed by atoms with E-state index in [4.69, 9.17) is 17.3 Å². The van der Waals surface area contributed by atoms with Crippen LogP contribution in [0.3, 0.4) is 0 Å². The lowest BCUT2D eigenvalue weighted by atomic mass is 10.1. The molecular formula is C12H13ClF3N3.